The summed E-state index contributed by atoms with van der Waals surface area (Å²) in [6, 6.07) is 10.1. The Morgan fingerprint density at radius 1 is 1.33 bits per heavy atom. The molecule has 0 spiro atoms. The molecule has 116 valence electrons. The highest BCUT2D eigenvalue weighted by Crippen LogP contribution is 2.16. The largest absolute Gasteiger partial charge is 0.378 e. The number of ether oxygens (including phenoxy) is 1. The lowest BCUT2D eigenvalue weighted by Gasteiger charge is -2.23. The summed E-state index contributed by atoms with van der Waals surface area (Å²) in [5.74, 6) is 0.0792. The minimum atomic E-state index is 0.00664. The van der Waals surface area contributed by atoms with Crippen LogP contribution in [0.1, 0.15) is 37.7 Å². The van der Waals surface area contributed by atoms with E-state index in [0.29, 0.717) is 13.0 Å². The summed E-state index contributed by atoms with van der Waals surface area (Å²) in [7, 11) is 0. The van der Waals surface area contributed by atoms with Crippen LogP contribution in [0.25, 0.3) is 0 Å². The molecule has 4 heteroatoms. The van der Waals surface area contributed by atoms with E-state index in [0.717, 1.165) is 32.3 Å². The molecule has 2 rings (SSSR count). The lowest BCUT2D eigenvalue weighted by molar-refractivity contribution is -0.122. The minimum Gasteiger partial charge on any atom is -0.378 e. The third-order valence-electron chi connectivity index (χ3n) is 3.94. The lowest BCUT2D eigenvalue weighted by atomic mass is 10.0. The first-order valence-electron chi connectivity index (χ1n) is 7.93. The molecule has 1 aromatic carbocycles. The van der Waals surface area contributed by atoms with Crippen LogP contribution in [0.4, 0.5) is 0 Å². The van der Waals surface area contributed by atoms with Crippen LogP contribution in [0.2, 0.25) is 0 Å². The first kappa shape index (κ1) is 16.0. The molecule has 1 aliphatic heterocycles. The van der Waals surface area contributed by atoms with Crippen LogP contribution in [0, 0.1) is 0 Å². The van der Waals surface area contributed by atoms with Crippen molar-refractivity contribution in [2.75, 3.05) is 13.2 Å². The van der Waals surface area contributed by atoms with Crippen LogP contribution in [0.15, 0.2) is 30.3 Å². The molecule has 4 nitrogen and oxygen atoms in total. The number of amides is 1. The van der Waals surface area contributed by atoms with Gasteiger partial charge in [-0.3, -0.25) is 4.79 Å². The number of hydrogen-bond donors (Lipinski definition) is 2. The molecule has 21 heavy (non-hydrogen) atoms. The van der Waals surface area contributed by atoms with Gasteiger partial charge in [0.1, 0.15) is 0 Å². The van der Waals surface area contributed by atoms with E-state index in [1.165, 1.54) is 12.0 Å². The maximum Gasteiger partial charge on any atom is 0.220 e. The predicted octanol–water partition coefficient (Wildman–Crippen LogP) is 2.02. The number of rotatable bonds is 7. The third-order valence-corrected chi connectivity index (χ3v) is 3.94. The number of nitrogens with two attached hydrogens (primary N) is 1. The molecular weight excluding hydrogens is 264 g/mol. The van der Waals surface area contributed by atoms with Crippen LogP contribution in [-0.4, -0.2) is 31.2 Å². The van der Waals surface area contributed by atoms with Crippen molar-refractivity contribution < 1.29 is 9.53 Å². The summed E-state index contributed by atoms with van der Waals surface area (Å²) in [4.78, 5) is 12.0. The van der Waals surface area contributed by atoms with E-state index in [2.05, 4.69) is 17.4 Å². The molecular formula is C17H26N2O2. The van der Waals surface area contributed by atoms with Crippen molar-refractivity contribution in [3.8, 4) is 0 Å². The molecule has 1 amide bonds. The first-order chi connectivity index (χ1) is 10.3. The van der Waals surface area contributed by atoms with Gasteiger partial charge in [-0.1, -0.05) is 30.3 Å². The van der Waals surface area contributed by atoms with Crippen molar-refractivity contribution in [2.24, 2.45) is 5.73 Å². The lowest BCUT2D eigenvalue weighted by Crippen LogP contribution is -2.42. The standard InChI is InChI=1S/C17H26N2O2/c18-13-15(12-14-6-2-1-3-7-14)19-17(20)10-9-16-8-4-5-11-21-16/h1-3,6-7,15-16H,4-5,8-13,18H2,(H,19,20). The minimum absolute atomic E-state index is 0.00664. The van der Waals surface area contributed by atoms with Crippen LogP contribution in [0.5, 0.6) is 0 Å². The number of carbonyl (C=O) groups is 1. The first-order valence-corrected chi connectivity index (χ1v) is 7.93. The number of carbonyl (C=O) groups excluding carboxylic acids is 1. The molecule has 0 radical (unpaired) electrons. The van der Waals surface area contributed by atoms with Gasteiger partial charge in [-0.25, -0.2) is 0 Å². The Hall–Kier alpha value is -1.39. The van der Waals surface area contributed by atoms with Crippen LogP contribution in [0.3, 0.4) is 0 Å². The molecule has 0 saturated carbocycles. The zero-order chi connectivity index (χ0) is 14.9. The average Bonchev–Trinajstić information content (AvgIpc) is 2.54. The summed E-state index contributed by atoms with van der Waals surface area (Å²) < 4.78 is 5.65. The van der Waals surface area contributed by atoms with E-state index in [1.54, 1.807) is 0 Å². The van der Waals surface area contributed by atoms with Gasteiger partial charge in [0, 0.05) is 25.6 Å². The Morgan fingerprint density at radius 3 is 2.81 bits per heavy atom. The van der Waals surface area contributed by atoms with E-state index in [1.807, 2.05) is 18.2 Å². The van der Waals surface area contributed by atoms with Crippen molar-refractivity contribution in [3.05, 3.63) is 35.9 Å². The second-order valence-electron chi connectivity index (χ2n) is 5.72. The highest BCUT2D eigenvalue weighted by Gasteiger charge is 2.17. The smallest absolute Gasteiger partial charge is 0.220 e. The summed E-state index contributed by atoms with van der Waals surface area (Å²) in [6.45, 7) is 1.30. The van der Waals surface area contributed by atoms with Crippen molar-refractivity contribution in [2.45, 2.75) is 50.7 Å². The van der Waals surface area contributed by atoms with Gasteiger partial charge in [0.15, 0.2) is 0 Å². The fraction of sp³-hybridized carbons (Fsp3) is 0.588. The second-order valence-corrected chi connectivity index (χ2v) is 5.72. The Balaban J connectivity index is 1.71. The van der Waals surface area contributed by atoms with Crippen molar-refractivity contribution in [1.29, 1.82) is 0 Å². The predicted molar refractivity (Wildman–Crippen MR) is 84.0 cm³/mol. The Bertz CT molecular complexity index is 416. The maximum atomic E-state index is 12.0. The molecule has 0 aliphatic carbocycles. The summed E-state index contributed by atoms with van der Waals surface area (Å²) >= 11 is 0. The van der Waals surface area contributed by atoms with Gasteiger partial charge in [-0.15, -0.1) is 0 Å². The van der Waals surface area contributed by atoms with Crippen LogP contribution >= 0.6 is 0 Å². The highest BCUT2D eigenvalue weighted by atomic mass is 16.5. The normalized spacial score (nSPS) is 20.0. The zero-order valence-corrected chi connectivity index (χ0v) is 12.6. The molecule has 2 atom stereocenters. The van der Waals surface area contributed by atoms with Crippen molar-refractivity contribution in [3.63, 3.8) is 0 Å². The fourth-order valence-corrected chi connectivity index (χ4v) is 2.72. The van der Waals surface area contributed by atoms with Crippen molar-refractivity contribution >= 4 is 5.91 Å². The van der Waals surface area contributed by atoms with Gasteiger partial charge in [0.25, 0.3) is 0 Å². The molecule has 3 N–H and O–H groups in total. The van der Waals surface area contributed by atoms with E-state index in [-0.39, 0.29) is 18.1 Å². The average molecular weight is 290 g/mol. The summed E-state index contributed by atoms with van der Waals surface area (Å²) in [6.07, 6.45) is 5.82. The fourth-order valence-electron chi connectivity index (χ4n) is 2.72. The van der Waals surface area contributed by atoms with Gasteiger partial charge in [-0.2, -0.15) is 0 Å². The molecule has 0 bridgehead atoms. The number of hydrogen-bond acceptors (Lipinski definition) is 3. The van der Waals surface area contributed by atoms with E-state index >= 15 is 0 Å². The van der Waals surface area contributed by atoms with E-state index in [9.17, 15) is 4.79 Å². The highest BCUT2D eigenvalue weighted by molar-refractivity contribution is 5.76. The van der Waals surface area contributed by atoms with Gasteiger partial charge >= 0.3 is 0 Å². The van der Waals surface area contributed by atoms with Crippen molar-refractivity contribution in [1.82, 2.24) is 5.32 Å². The number of nitrogens with one attached hydrogen (secondary N) is 1. The molecule has 1 aromatic rings. The van der Waals surface area contributed by atoms with Gasteiger partial charge in [-0.05, 0) is 37.7 Å². The van der Waals surface area contributed by atoms with Crippen LogP contribution < -0.4 is 11.1 Å². The number of benzene rings is 1. The SMILES string of the molecule is NCC(Cc1ccccc1)NC(=O)CCC1CCCCO1. The Labute approximate surface area is 127 Å². The molecule has 1 heterocycles. The zero-order valence-electron chi connectivity index (χ0n) is 12.6. The molecule has 2 unspecified atom stereocenters. The molecule has 1 fully saturated rings. The maximum absolute atomic E-state index is 12.0. The Kier molecular flexibility index (Phi) is 6.70. The summed E-state index contributed by atoms with van der Waals surface area (Å²) in [5, 5.41) is 3.04. The quantitative estimate of drug-likeness (QED) is 0.807. The topological polar surface area (TPSA) is 64.3 Å². The Morgan fingerprint density at radius 2 is 2.14 bits per heavy atom. The monoisotopic (exact) mass is 290 g/mol. The van der Waals surface area contributed by atoms with E-state index < -0.39 is 0 Å². The van der Waals surface area contributed by atoms with Gasteiger partial charge in [0.2, 0.25) is 5.91 Å². The third kappa shape index (κ3) is 5.86. The van der Waals surface area contributed by atoms with E-state index in [4.69, 9.17) is 10.5 Å². The van der Waals surface area contributed by atoms with Gasteiger partial charge in [0.05, 0.1) is 6.10 Å². The van der Waals surface area contributed by atoms with Gasteiger partial charge < -0.3 is 15.8 Å². The van der Waals surface area contributed by atoms with Crippen LogP contribution in [-0.2, 0) is 16.0 Å². The molecule has 0 aromatic heterocycles. The molecule has 1 aliphatic rings. The molecule has 1 saturated heterocycles. The summed E-state index contributed by atoms with van der Waals surface area (Å²) in [5.41, 5.74) is 6.97. The second kappa shape index (κ2) is 8.80.